The minimum absolute atomic E-state index is 0.0623. The third kappa shape index (κ3) is 9.07. The molecule has 0 radical (unpaired) electrons. The summed E-state index contributed by atoms with van der Waals surface area (Å²) in [6, 6.07) is -0.335. The molecular weight excluding hydrogens is 276 g/mol. The van der Waals surface area contributed by atoms with Crippen LogP contribution in [0.1, 0.15) is 46.0 Å². The molecule has 5 nitrogen and oxygen atoms in total. The second-order valence-electron chi connectivity index (χ2n) is 4.92. The lowest BCUT2D eigenvalue weighted by atomic mass is 10.2. The van der Waals surface area contributed by atoms with Gasteiger partial charge in [-0.15, -0.1) is 0 Å². The van der Waals surface area contributed by atoms with Crippen molar-refractivity contribution in [1.29, 1.82) is 0 Å². The van der Waals surface area contributed by atoms with Gasteiger partial charge in [0, 0.05) is 12.6 Å². The van der Waals surface area contributed by atoms with Crippen LogP contribution in [-0.4, -0.2) is 53.1 Å². The van der Waals surface area contributed by atoms with Gasteiger partial charge in [0.2, 0.25) is 0 Å². The number of nitrogens with one attached hydrogen (secondary N) is 1. The number of carboxylic acid groups (broad SMARTS) is 1. The third-order valence-corrected chi connectivity index (χ3v) is 3.94. The molecule has 1 unspecified atom stereocenters. The molecule has 6 heteroatoms. The summed E-state index contributed by atoms with van der Waals surface area (Å²) in [7, 11) is 0. The van der Waals surface area contributed by atoms with Gasteiger partial charge in [0.1, 0.15) is 6.54 Å². The second kappa shape index (κ2) is 11.9. The zero-order chi connectivity index (χ0) is 15.4. The summed E-state index contributed by atoms with van der Waals surface area (Å²) in [5, 5.41) is 11.7. The Balaban J connectivity index is 3.92. The standard InChI is InChI=1S/C14H28N2O3S/c1-4-12(2)16(11-13(17)18)14(19)15-9-7-5-6-8-10-20-3/h12H,4-11H2,1-3H3,(H,15,19)(H,17,18). The number of thioether (sulfide) groups is 1. The Bertz CT molecular complexity index is 288. The fourth-order valence-corrected chi connectivity index (χ4v) is 2.31. The van der Waals surface area contributed by atoms with Gasteiger partial charge < -0.3 is 15.3 Å². The number of amides is 2. The summed E-state index contributed by atoms with van der Waals surface area (Å²) < 4.78 is 0. The molecule has 0 aromatic heterocycles. The molecule has 0 fully saturated rings. The molecule has 2 amide bonds. The first-order valence-corrected chi connectivity index (χ1v) is 8.67. The smallest absolute Gasteiger partial charge is 0.323 e. The number of carbonyl (C=O) groups excluding carboxylic acids is 1. The van der Waals surface area contributed by atoms with E-state index in [1.54, 1.807) is 0 Å². The number of aliphatic carboxylic acids is 1. The fourth-order valence-electron chi connectivity index (χ4n) is 1.82. The Morgan fingerprint density at radius 3 is 2.45 bits per heavy atom. The number of urea groups is 1. The zero-order valence-corrected chi connectivity index (χ0v) is 13.7. The van der Waals surface area contributed by atoms with Gasteiger partial charge >= 0.3 is 12.0 Å². The largest absolute Gasteiger partial charge is 0.480 e. The van der Waals surface area contributed by atoms with Crippen molar-refractivity contribution in [2.24, 2.45) is 0 Å². The molecule has 118 valence electrons. The van der Waals surface area contributed by atoms with Crippen molar-refractivity contribution in [2.45, 2.75) is 52.0 Å². The number of unbranched alkanes of at least 4 members (excludes halogenated alkanes) is 3. The predicted octanol–water partition coefficient (Wildman–Crippen LogP) is 2.80. The molecular formula is C14H28N2O3S. The first-order chi connectivity index (χ1) is 9.52. The van der Waals surface area contributed by atoms with E-state index in [4.69, 9.17) is 5.11 Å². The number of carbonyl (C=O) groups is 2. The van der Waals surface area contributed by atoms with E-state index in [1.807, 2.05) is 25.6 Å². The maximum absolute atomic E-state index is 12.0. The Hall–Kier alpha value is -0.910. The Morgan fingerprint density at radius 2 is 1.90 bits per heavy atom. The van der Waals surface area contributed by atoms with E-state index >= 15 is 0 Å². The van der Waals surface area contributed by atoms with Gasteiger partial charge in [-0.05, 0) is 38.2 Å². The molecule has 0 bridgehead atoms. The van der Waals surface area contributed by atoms with E-state index in [0.717, 1.165) is 19.3 Å². The van der Waals surface area contributed by atoms with Crippen molar-refractivity contribution in [3.05, 3.63) is 0 Å². The SMILES string of the molecule is CCC(C)N(CC(=O)O)C(=O)NCCCCCCSC. The van der Waals surface area contributed by atoms with Crippen LogP contribution in [0.5, 0.6) is 0 Å². The zero-order valence-electron chi connectivity index (χ0n) is 12.9. The van der Waals surface area contributed by atoms with Crippen molar-refractivity contribution >= 4 is 23.8 Å². The summed E-state index contributed by atoms with van der Waals surface area (Å²) in [5.41, 5.74) is 0. The van der Waals surface area contributed by atoms with Gasteiger partial charge in [-0.2, -0.15) is 11.8 Å². The number of hydrogen-bond acceptors (Lipinski definition) is 3. The molecule has 0 aliphatic rings. The van der Waals surface area contributed by atoms with Gasteiger partial charge in [0.25, 0.3) is 0 Å². The first-order valence-electron chi connectivity index (χ1n) is 7.28. The van der Waals surface area contributed by atoms with E-state index in [0.29, 0.717) is 6.54 Å². The van der Waals surface area contributed by atoms with Gasteiger partial charge in [0.15, 0.2) is 0 Å². The third-order valence-electron chi connectivity index (χ3n) is 3.24. The minimum atomic E-state index is -0.975. The normalized spacial score (nSPS) is 11.9. The highest BCUT2D eigenvalue weighted by Gasteiger charge is 2.20. The van der Waals surface area contributed by atoms with E-state index in [9.17, 15) is 9.59 Å². The second-order valence-corrected chi connectivity index (χ2v) is 5.90. The van der Waals surface area contributed by atoms with E-state index in [2.05, 4.69) is 11.6 Å². The number of nitrogens with zero attached hydrogens (tertiary/aromatic N) is 1. The highest BCUT2D eigenvalue weighted by molar-refractivity contribution is 7.98. The Labute approximate surface area is 126 Å². The van der Waals surface area contributed by atoms with Crippen LogP contribution in [-0.2, 0) is 4.79 Å². The molecule has 20 heavy (non-hydrogen) atoms. The van der Waals surface area contributed by atoms with Crippen LogP contribution in [0.4, 0.5) is 4.79 Å². The molecule has 0 rings (SSSR count). The van der Waals surface area contributed by atoms with Gasteiger partial charge in [-0.3, -0.25) is 4.79 Å². The van der Waals surface area contributed by atoms with E-state index in [-0.39, 0.29) is 18.6 Å². The monoisotopic (exact) mass is 304 g/mol. The van der Waals surface area contributed by atoms with Crippen LogP contribution in [0.3, 0.4) is 0 Å². The maximum Gasteiger partial charge on any atom is 0.323 e. The summed E-state index contributed by atoms with van der Waals surface area (Å²) in [4.78, 5) is 24.1. The highest BCUT2D eigenvalue weighted by Crippen LogP contribution is 2.05. The number of rotatable bonds is 11. The van der Waals surface area contributed by atoms with Crippen LogP contribution in [0.25, 0.3) is 0 Å². The first kappa shape index (κ1) is 19.1. The van der Waals surface area contributed by atoms with Gasteiger partial charge in [0.05, 0.1) is 0 Å². The predicted molar refractivity (Wildman–Crippen MR) is 84.3 cm³/mol. The molecule has 0 aromatic rings. The van der Waals surface area contributed by atoms with Crippen LogP contribution >= 0.6 is 11.8 Å². The summed E-state index contributed by atoms with van der Waals surface area (Å²) in [5.74, 6) is 0.213. The van der Waals surface area contributed by atoms with E-state index < -0.39 is 5.97 Å². The highest BCUT2D eigenvalue weighted by atomic mass is 32.2. The molecule has 2 N–H and O–H groups in total. The summed E-state index contributed by atoms with van der Waals surface area (Å²) in [6.07, 6.45) is 7.29. The average molecular weight is 304 g/mol. The summed E-state index contributed by atoms with van der Waals surface area (Å²) in [6.45, 7) is 4.18. The number of carboxylic acids is 1. The van der Waals surface area contributed by atoms with Gasteiger partial charge in [-0.1, -0.05) is 19.8 Å². The van der Waals surface area contributed by atoms with Crippen LogP contribution in [0.15, 0.2) is 0 Å². The molecule has 1 atom stereocenters. The molecule has 0 spiro atoms. The summed E-state index contributed by atoms with van der Waals surface area (Å²) >= 11 is 1.85. The van der Waals surface area contributed by atoms with Crippen LogP contribution < -0.4 is 5.32 Å². The minimum Gasteiger partial charge on any atom is -0.480 e. The van der Waals surface area contributed by atoms with Crippen LogP contribution in [0.2, 0.25) is 0 Å². The van der Waals surface area contributed by atoms with Gasteiger partial charge in [-0.25, -0.2) is 4.79 Å². The lowest BCUT2D eigenvalue weighted by Gasteiger charge is -2.27. The van der Waals surface area contributed by atoms with E-state index in [1.165, 1.54) is 23.5 Å². The van der Waals surface area contributed by atoms with Crippen molar-refractivity contribution in [3.8, 4) is 0 Å². The molecule has 0 aromatic carbocycles. The Morgan fingerprint density at radius 1 is 1.25 bits per heavy atom. The fraction of sp³-hybridized carbons (Fsp3) is 0.857. The van der Waals surface area contributed by atoms with Crippen LogP contribution in [0, 0.1) is 0 Å². The lowest BCUT2D eigenvalue weighted by Crippen LogP contribution is -2.47. The molecule has 0 aliphatic heterocycles. The molecule has 0 saturated heterocycles. The molecule has 0 saturated carbocycles. The average Bonchev–Trinajstić information content (AvgIpc) is 2.42. The van der Waals surface area contributed by atoms with Crippen molar-refractivity contribution in [2.75, 3.05) is 25.1 Å². The quantitative estimate of drug-likeness (QED) is 0.576. The topological polar surface area (TPSA) is 69.6 Å². The van der Waals surface area contributed by atoms with Crippen molar-refractivity contribution in [1.82, 2.24) is 10.2 Å². The molecule has 0 aliphatic carbocycles. The molecule has 0 heterocycles. The maximum atomic E-state index is 12.0. The Kier molecular flexibility index (Phi) is 11.3. The van der Waals surface area contributed by atoms with Crippen molar-refractivity contribution in [3.63, 3.8) is 0 Å². The lowest BCUT2D eigenvalue weighted by molar-refractivity contribution is -0.138. The number of hydrogen-bond donors (Lipinski definition) is 2. The van der Waals surface area contributed by atoms with Crippen molar-refractivity contribution < 1.29 is 14.7 Å².